The molecule has 0 amide bonds. The molecule has 0 aliphatic rings. The predicted molar refractivity (Wildman–Crippen MR) is 58.6 cm³/mol. The molecule has 5 heteroatoms. The summed E-state index contributed by atoms with van der Waals surface area (Å²) in [5.74, 6) is 1.52. The highest BCUT2D eigenvalue weighted by molar-refractivity contribution is 7.99. The van der Waals surface area contributed by atoms with Gasteiger partial charge in [0.25, 0.3) is 0 Å². The Morgan fingerprint density at radius 2 is 2.36 bits per heavy atom. The second-order valence-corrected chi connectivity index (χ2v) is 3.86. The van der Waals surface area contributed by atoms with Crippen LogP contribution in [0.3, 0.4) is 0 Å². The molecule has 14 heavy (non-hydrogen) atoms. The molecule has 0 atom stereocenters. The molecule has 0 fully saturated rings. The summed E-state index contributed by atoms with van der Waals surface area (Å²) in [6.45, 7) is 3.20. The van der Waals surface area contributed by atoms with Crippen molar-refractivity contribution in [1.29, 1.82) is 0 Å². The molecule has 0 saturated carbocycles. The quantitative estimate of drug-likeness (QED) is 0.552. The number of nitrogens with zero attached hydrogens (tertiary/aromatic N) is 2. The average Bonchev–Trinajstić information content (AvgIpc) is 2.24. The lowest BCUT2D eigenvalue weighted by Crippen LogP contribution is -2.02. The summed E-state index contributed by atoms with van der Waals surface area (Å²) >= 11 is 1.53. The highest BCUT2D eigenvalue weighted by Gasteiger charge is 1.97. The number of anilines is 1. The van der Waals surface area contributed by atoms with Crippen molar-refractivity contribution in [2.75, 3.05) is 24.2 Å². The van der Waals surface area contributed by atoms with E-state index < -0.39 is 0 Å². The van der Waals surface area contributed by atoms with E-state index in [4.69, 9.17) is 5.11 Å². The van der Waals surface area contributed by atoms with E-state index >= 15 is 0 Å². The van der Waals surface area contributed by atoms with Gasteiger partial charge in [-0.1, -0.05) is 6.92 Å². The minimum atomic E-state index is 0.173. The van der Waals surface area contributed by atoms with Crippen molar-refractivity contribution in [2.45, 2.75) is 18.4 Å². The molecule has 0 unspecified atom stereocenters. The van der Waals surface area contributed by atoms with Gasteiger partial charge in [0.1, 0.15) is 17.2 Å². The van der Waals surface area contributed by atoms with E-state index in [1.54, 1.807) is 0 Å². The van der Waals surface area contributed by atoms with Gasteiger partial charge in [0.05, 0.1) is 6.61 Å². The maximum absolute atomic E-state index is 8.66. The Bertz CT molecular complexity index is 247. The molecule has 0 aliphatic heterocycles. The van der Waals surface area contributed by atoms with E-state index in [1.807, 2.05) is 6.07 Å². The highest BCUT2D eigenvalue weighted by Crippen LogP contribution is 2.16. The van der Waals surface area contributed by atoms with Crippen LogP contribution in [-0.4, -0.2) is 34.0 Å². The second-order valence-electron chi connectivity index (χ2n) is 2.74. The summed E-state index contributed by atoms with van der Waals surface area (Å²) < 4.78 is 0. The van der Waals surface area contributed by atoms with Crippen LogP contribution in [0.15, 0.2) is 17.4 Å². The molecule has 0 aliphatic carbocycles. The van der Waals surface area contributed by atoms with Gasteiger partial charge in [-0.15, -0.1) is 11.8 Å². The fourth-order valence-electron chi connectivity index (χ4n) is 0.918. The first kappa shape index (κ1) is 11.3. The third kappa shape index (κ3) is 3.93. The summed E-state index contributed by atoms with van der Waals surface area (Å²) in [5.41, 5.74) is 0. The Morgan fingerprint density at radius 1 is 1.50 bits per heavy atom. The molecule has 0 aromatic carbocycles. The topological polar surface area (TPSA) is 58.0 Å². The first-order valence-electron chi connectivity index (χ1n) is 4.66. The second kappa shape index (κ2) is 6.62. The number of hydrogen-bond donors (Lipinski definition) is 2. The smallest absolute Gasteiger partial charge is 0.130 e. The van der Waals surface area contributed by atoms with Crippen LogP contribution in [0.2, 0.25) is 0 Å². The Labute approximate surface area is 88.2 Å². The lowest BCUT2D eigenvalue weighted by molar-refractivity contribution is 0.322. The van der Waals surface area contributed by atoms with Crippen LogP contribution >= 0.6 is 11.8 Å². The van der Waals surface area contributed by atoms with Gasteiger partial charge in [-0.25, -0.2) is 9.97 Å². The SMILES string of the molecule is CCCNc1cc(SCCO)ncn1. The number of aliphatic hydroxyl groups is 1. The Hall–Kier alpha value is -0.810. The van der Waals surface area contributed by atoms with Crippen molar-refractivity contribution in [2.24, 2.45) is 0 Å². The molecule has 4 nitrogen and oxygen atoms in total. The number of rotatable bonds is 6. The molecule has 1 aromatic heterocycles. The summed E-state index contributed by atoms with van der Waals surface area (Å²) in [6.07, 6.45) is 2.61. The van der Waals surface area contributed by atoms with Crippen molar-refractivity contribution >= 4 is 17.6 Å². The van der Waals surface area contributed by atoms with Gasteiger partial charge in [-0.3, -0.25) is 0 Å². The van der Waals surface area contributed by atoms with Crippen LogP contribution in [0, 0.1) is 0 Å². The monoisotopic (exact) mass is 213 g/mol. The Balaban J connectivity index is 2.50. The Kier molecular flexibility index (Phi) is 5.32. The van der Waals surface area contributed by atoms with E-state index in [-0.39, 0.29) is 6.61 Å². The molecule has 0 saturated heterocycles. The van der Waals surface area contributed by atoms with E-state index in [0.717, 1.165) is 23.8 Å². The zero-order valence-electron chi connectivity index (χ0n) is 8.23. The lowest BCUT2D eigenvalue weighted by atomic mass is 10.4. The number of hydrogen-bond acceptors (Lipinski definition) is 5. The number of thioether (sulfide) groups is 1. The van der Waals surface area contributed by atoms with Gasteiger partial charge >= 0.3 is 0 Å². The van der Waals surface area contributed by atoms with Crippen molar-refractivity contribution in [1.82, 2.24) is 9.97 Å². The maximum Gasteiger partial charge on any atom is 0.130 e. The fraction of sp³-hybridized carbons (Fsp3) is 0.556. The minimum Gasteiger partial charge on any atom is -0.396 e. The van der Waals surface area contributed by atoms with Crippen LogP contribution < -0.4 is 5.32 Å². The predicted octanol–water partition coefficient (Wildman–Crippen LogP) is 1.38. The minimum absolute atomic E-state index is 0.173. The van der Waals surface area contributed by atoms with Crippen LogP contribution in [0.1, 0.15) is 13.3 Å². The van der Waals surface area contributed by atoms with E-state index in [9.17, 15) is 0 Å². The van der Waals surface area contributed by atoms with Crippen LogP contribution in [0.25, 0.3) is 0 Å². The molecule has 1 rings (SSSR count). The third-order valence-electron chi connectivity index (χ3n) is 1.54. The molecular weight excluding hydrogens is 198 g/mol. The normalized spacial score (nSPS) is 10.1. The van der Waals surface area contributed by atoms with Crippen LogP contribution in [0.4, 0.5) is 5.82 Å². The first-order chi connectivity index (χ1) is 6.86. The van der Waals surface area contributed by atoms with Crippen molar-refractivity contribution in [3.05, 3.63) is 12.4 Å². The maximum atomic E-state index is 8.66. The molecule has 1 heterocycles. The molecular formula is C9H15N3OS. The largest absolute Gasteiger partial charge is 0.396 e. The van der Waals surface area contributed by atoms with E-state index in [0.29, 0.717) is 5.75 Å². The van der Waals surface area contributed by atoms with Gasteiger partial charge in [0, 0.05) is 18.4 Å². The van der Waals surface area contributed by atoms with E-state index in [1.165, 1.54) is 18.1 Å². The molecule has 0 bridgehead atoms. The summed E-state index contributed by atoms with van der Waals surface area (Å²) in [6, 6.07) is 1.90. The molecule has 0 radical (unpaired) electrons. The van der Waals surface area contributed by atoms with Crippen molar-refractivity contribution in [3.8, 4) is 0 Å². The van der Waals surface area contributed by atoms with Crippen LogP contribution in [-0.2, 0) is 0 Å². The fourth-order valence-corrected chi connectivity index (χ4v) is 1.54. The first-order valence-corrected chi connectivity index (χ1v) is 5.65. The van der Waals surface area contributed by atoms with Gasteiger partial charge < -0.3 is 10.4 Å². The van der Waals surface area contributed by atoms with Gasteiger partial charge in [-0.2, -0.15) is 0 Å². The number of aromatic nitrogens is 2. The zero-order chi connectivity index (χ0) is 10.2. The average molecular weight is 213 g/mol. The van der Waals surface area contributed by atoms with Gasteiger partial charge in [0.2, 0.25) is 0 Å². The number of nitrogens with one attached hydrogen (secondary N) is 1. The van der Waals surface area contributed by atoms with E-state index in [2.05, 4.69) is 22.2 Å². The summed E-state index contributed by atoms with van der Waals surface area (Å²) in [7, 11) is 0. The third-order valence-corrected chi connectivity index (χ3v) is 2.45. The van der Waals surface area contributed by atoms with Gasteiger partial charge in [0.15, 0.2) is 0 Å². The van der Waals surface area contributed by atoms with Gasteiger partial charge in [-0.05, 0) is 6.42 Å². The number of aliphatic hydroxyl groups excluding tert-OH is 1. The molecule has 78 valence electrons. The van der Waals surface area contributed by atoms with Crippen molar-refractivity contribution < 1.29 is 5.11 Å². The summed E-state index contributed by atoms with van der Waals surface area (Å²) in [4.78, 5) is 8.17. The van der Waals surface area contributed by atoms with Crippen molar-refractivity contribution in [3.63, 3.8) is 0 Å². The molecule has 1 aromatic rings. The molecule has 2 N–H and O–H groups in total. The highest BCUT2D eigenvalue weighted by atomic mass is 32.2. The zero-order valence-corrected chi connectivity index (χ0v) is 9.05. The van der Waals surface area contributed by atoms with Crippen LogP contribution in [0.5, 0.6) is 0 Å². The summed E-state index contributed by atoms with van der Waals surface area (Å²) in [5, 5.41) is 12.7. The lowest BCUT2D eigenvalue weighted by Gasteiger charge is -2.04. The molecule has 0 spiro atoms. The standard InChI is InChI=1S/C9H15N3OS/c1-2-3-10-8-6-9(12-7-11-8)14-5-4-13/h6-7,13H,2-5H2,1H3,(H,10,11,12). The Morgan fingerprint density at radius 3 is 3.07 bits per heavy atom.